The summed E-state index contributed by atoms with van der Waals surface area (Å²) in [5, 5.41) is 0. The molecule has 0 unspecified atom stereocenters. The lowest BCUT2D eigenvalue weighted by atomic mass is 10.5. The van der Waals surface area contributed by atoms with Crippen LogP contribution in [0.15, 0.2) is 0 Å². The van der Waals surface area contributed by atoms with Gasteiger partial charge in [-0.25, -0.2) is 0 Å². The van der Waals surface area contributed by atoms with E-state index in [1.165, 1.54) is 0 Å². The van der Waals surface area contributed by atoms with E-state index in [0.717, 1.165) is 0 Å². The summed E-state index contributed by atoms with van der Waals surface area (Å²) in [4.78, 5) is 0. The van der Waals surface area contributed by atoms with Crippen LogP contribution >= 0.6 is 0 Å². The first-order valence-corrected chi connectivity index (χ1v) is 135. The molecule has 788 valence electrons. The van der Waals surface area contributed by atoms with Gasteiger partial charge in [-0.1, -0.05) is 690 Å². The Morgan fingerprint density at radius 2 is 0.0992 bits per heavy atom. The quantitative estimate of drug-likeness (QED) is 0.0533. The summed E-state index contributed by atoms with van der Waals surface area (Å²) in [5.74, 6) is 0. The molecule has 0 spiro atoms. The molecule has 0 aromatic rings. The van der Waals surface area contributed by atoms with Crippen LogP contribution in [0.2, 0.25) is 555 Å². The molecule has 0 N–H and O–H groups in total. The summed E-state index contributed by atoms with van der Waals surface area (Å²) >= 11 is 0. The minimum atomic E-state index is -1.63. The lowest BCUT2D eigenvalue weighted by molar-refractivity contribution is 0.850. The van der Waals surface area contributed by atoms with Gasteiger partial charge in [0.15, 0.2) is 0 Å². The fourth-order valence-electron chi connectivity index (χ4n) is 24.8. The third-order valence-corrected chi connectivity index (χ3v) is 104. The summed E-state index contributed by atoms with van der Waals surface area (Å²) in [6.07, 6.45) is 33.2. The Balaban J connectivity index is 8.98. The second kappa shape index (κ2) is 60.4. The van der Waals surface area contributed by atoms with Crippen molar-refractivity contribution >= 4 is 178 Å². The molecule has 0 heterocycles. The molecule has 0 aromatic heterocycles. The first kappa shape index (κ1) is 136. The lowest BCUT2D eigenvalue weighted by Gasteiger charge is -2.37. The fourth-order valence-corrected chi connectivity index (χ4v) is 85.5. The summed E-state index contributed by atoms with van der Waals surface area (Å²) in [5.41, 5.74) is 0. The van der Waals surface area contributed by atoms with E-state index < -0.39 is 178 Å². The van der Waals surface area contributed by atoms with Crippen LogP contribution in [0.4, 0.5) is 0 Å². The van der Waals surface area contributed by atoms with Gasteiger partial charge in [-0.05, 0) is 0 Å². The number of rotatable bonds is 84. The highest BCUT2D eigenvalue weighted by atomic mass is 28.4. The van der Waals surface area contributed by atoms with Gasteiger partial charge >= 0.3 is 0 Å². The molecule has 0 radical (unpaired) electrons. The average Bonchev–Trinajstić information content (AvgIpc) is 0.844. The Morgan fingerprint density at radius 1 is 0.0611 bits per heavy atom. The zero-order valence-corrected chi connectivity index (χ0v) is 124. The third kappa shape index (κ3) is 79.6. The largest absolute Gasteiger partial charge is 0.0695 e. The van der Waals surface area contributed by atoms with Crippen molar-refractivity contribution in [2.75, 3.05) is 0 Å². The van der Waals surface area contributed by atoms with Gasteiger partial charge in [-0.3, -0.25) is 0 Å². The lowest BCUT2D eigenvalue weighted by Crippen LogP contribution is -2.38. The molecule has 22 heteroatoms. The van der Waals surface area contributed by atoms with Gasteiger partial charge in [0.05, 0.1) is 80.7 Å². The Labute approximate surface area is 859 Å². The van der Waals surface area contributed by atoms with Crippen LogP contribution in [0.3, 0.4) is 0 Å². The summed E-state index contributed by atoms with van der Waals surface area (Å²) in [6.45, 7) is 127. The highest BCUT2D eigenvalue weighted by Crippen LogP contribution is 2.46. The first-order chi connectivity index (χ1) is 58.8. The van der Waals surface area contributed by atoms with Crippen molar-refractivity contribution < 1.29 is 0 Å². The maximum absolute atomic E-state index is 3.19. The molecule has 0 aromatic carbocycles. The monoisotopic (exact) mass is 2190 g/mol. The van der Waals surface area contributed by atoms with Gasteiger partial charge in [-0.2, -0.15) is 0 Å². The van der Waals surface area contributed by atoms with Crippen LogP contribution in [0.1, 0.15) is 135 Å². The van der Waals surface area contributed by atoms with Gasteiger partial charge in [0.25, 0.3) is 0 Å². The SMILES string of the molecule is C[Si](C)(C)CCC[Si](C)(CCC[Si](C)(C)C)CCC[Si](C)(CCC[Si](C)(CCC[Si](C)(C)C)CCC[Si](C)(C)C)CCC[Si](C)(CCC[Si](C)(CCC[Si](C)(CCC[Si](C)(C)C)CCC[Si](C)(C)C)CCC[Si](C)(CCC[Si](C)(C)C)CCC[Si](C)(C)C)CCC[Si](C)(CCC[Si](C)(CCC[Si](C)(C)C)CCC[Si](C)(C)C)CCC[Si](C)(CCC[Si](C)(C)C)CCC[Si](C)(C)C. The van der Waals surface area contributed by atoms with Crippen molar-refractivity contribution in [2.24, 2.45) is 0 Å². The van der Waals surface area contributed by atoms with E-state index in [4.69, 9.17) is 0 Å². The van der Waals surface area contributed by atoms with E-state index in [-0.39, 0.29) is 0 Å². The Hall–Kier alpha value is 4.77. The zero-order valence-electron chi connectivity index (χ0n) is 102. The highest BCUT2D eigenvalue weighted by molar-refractivity contribution is 6.87. The molecule has 0 saturated heterocycles. The van der Waals surface area contributed by atoms with Crippen molar-refractivity contribution in [3.8, 4) is 0 Å². The topological polar surface area (TPSA) is 0 Å². The fraction of sp³-hybridized carbons (Fsp3) is 1.00. The minimum Gasteiger partial charge on any atom is -0.0695 e. The molecule has 0 saturated carbocycles. The predicted octanol–water partition coefficient (Wildman–Crippen LogP) is 46.0. The van der Waals surface area contributed by atoms with E-state index in [1.54, 1.807) is 389 Å². The molecule has 0 aliphatic heterocycles. The van der Waals surface area contributed by atoms with Crippen molar-refractivity contribution in [3.63, 3.8) is 0 Å². The molecule has 0 atom stereocenters. The molecule has 0 rings (SSSR count). The third-order valence-electron chi connectivity index (χ3n) is 34.5. The van der Waals surface area contributed by atoms with Crippen molar-refractivity contribution in [3.05, 3.63) is 0 Å². The highest BCUT2D eigenvalue weighted by Gasteiger charge is 2.42. The van der Waals surface area contributed by atoms with Crippen molar-refractivity contribution in [2.45, 2.75) is 690 Å². The second-order valence-electron chi connectivity index (χ2n) is 66.8. The molecule has 131 heavy (non-hydrogen) atoms. The molecule has 0 nitrogen and oxygen atoms in total. The zero-order chi connectivity index (χ0) is 102. The van der Waals surface area contributed by atoms with Gasteiger partial charge in [0.1, 0.15) is 0 Å². The van der Waals surface area contributed by atoms with Gasteiger partial charge < -0.3 is 0 Å². The molecular formula is C109H264Si22. The maximum Gasteiger partial charge on any atom is 0.0504 e. The van der Waals surface area contributed by atoms with Crippen LogP contribution in [0.25, 0.3) is 0 Å². The number of hydrogen-bond acceptors (Lipinski definition) is 0. The summed E-state index contributed by atoms with van der Waals surface area (Å²) in [7, 11) is -27.2. The number of hydrogen-bond donors (Lipinski definition) is 0. The van der Waals surface area contributed by atoms with Gasteiger partial charge in [0.2, 0.25) is 0 Å². The minimum absolute atomic E-state index is 1.07. The van der Waals surface area contributed by atoms with E-state index in [0.29, 0.717) is 0 Å². The molecule has 0 aliphatic rings. The standard InChI is InChI=1S/C109H264Si22/c1-110(2,3)68-47-80-122(37,81-48-69-111(4,5)6)92-59-98-128(43,99-60-93-123(38,82-49-70-112(7,8)9)83-50-71-113(10,11)12)104-65-107-131(46,108-66-105-129(44,100-61-94-124(39,84-51-72-114(13,14)15)85-52-73-115(16,17)18)101-62-95-125(40,86-53-74-116(19,20)21)87-54-75-117(22,23)24)109-67-106-130(45,102-63-96-126(41,88-55-76-118(25,26)27)89-56-77-119(28,29)30)103-64-97-127(42,90-57-78-120(31,32)33)91-58-79-121(34,35)36/h47-109H2,1-46H3. The Bertz CT molecular complexity index is 2320. The Morgan fingerprint density at radius 3 is 0.137 bits per heavy atom. The van der Waals surface area contributed by atoms with Crippen molar-refractivity contribution in [1.82, 2.24) is 0 Å². The van der Waals surface area contributed by atoms with Gasteiger partial charge in [-0.15, -0.1) is 0 Å². The molecule has 0 bridgehead atoms. The van der Waals surface area contributed by atoms with E-state index in [9.17, 15) is 0 Å². The van der Waals surface area contributed by atoms with E-state index >= 15 is 0 Å². The predicted molar refractivity (Wildman–Crippen MR) is 695 cm³/mol. The average molecular weight is 2190 g/mol. The normalized spacial score (nSPS) is 14.9. The van der Waals surface area contributed by atoms with Crippen LogP contribution in [-0.2, 0) is 0 Å². The van der Waals surface area contributed by atoms with Crippen LogP contribution < -0.4 is 0 Å². The van der Waals surface area contributed by atoms with Crippen LogP contribution in [0, 0.1) is 0 Å². The summed E-state index contributed by atoms with van der Waals surface area (Å²) < 4.78 is 0. The van der Waals surface area contributed by atoms with Crippen molar-refractivity contribution in [1.29, 1.82) is 0 Å². The summed E-state index contributed by atoms with van der Waals surface area (Å²) in [6, 6.07) is 68.7. The second-order valence-corrected chi connectivity index (χ2v) is 185. The van der Waals surface area contributed by atoms with Gasteiger partial charge in [0, 0.05) is 96.9 Å². The van der Waals surface area contributed by atoms with Crippen LogP contribution in [0.5, 0.6) is 0 Å². The first-order valence-electron chi connectivity index (χ1n) is 58.8. The maximum atomic E-state index is 3.19. The van der Waals surface area contributed by atoms with Crippen LogP contribution in [-0.4, -0.2) is 178 Å². The molecule has 0 fully saturated rings. The molecular weight excluding hydrogens is 1930 g/mol. The molecule has 0 aliphatic carbocycles. The van der Waals surface area contributed by atoms with E-state index in [2.05, 4.69) is 301 Å². The smallest absolute Gasteiger partial charge is 0.0504 e. The van der Waals surface area contributed by atoms with E-state index in [1.807, 2.05) is 0 Å². The molecule has 0 amide bonds. The Kier molecular flexibility index (Phi) is 62.6.